The maximum Gasteiger partial charge on any atom is 0.0216 e. The number of rotatable bonds is 4. The van der Waals surface area contributed by atoms with Crippen molar-refractivity contribution in [2.24, 2.45) is 0 Å². The van der Waals surface area contributed by atoms with Crippen molar-refractivity contribution >= 4 is 11.8 Å². The van der Waals surface area contributed by atoms with Gasteiger partial charge in [-0.25, -0.2) is 0 Å². The van der Waals surface area contributed by atoms with Gasteiger partial charge in [-0.1, -0.05) is 45.4 Å². The Hall–Kier alpha value is -0.470. The summed E-state index contributed by atoms with van der Waals surface area (Å²) < 4.78 is 0.274. The summed E-state index contributed by atoms with van der Waals surface area (Å²) in [7, 11) is 0. The van der Waals surface area contributed by atoms with Gasteiger partial charge in [-0.2, -0.15) is 0 Å². The van der Waals surface area contributed by atoms with Gasteiger partial charge in [0.2, 0.25) is 0 Å². The second-order valence-corrected chi connectivity index (χ2v) is 6.97. The van der Waals surface area contributed by atoms with E-state index in [1.165, 1.54) is 16.0 Å². The van der Waals surface area contributed by atoms with Crippen LogP contribution in [0.5, 0.6) is 0 Å². The number of nitrogens with one attached hydrogen (secondary N) is 1. The minimum atomic E-state index is 0.274. The quantitative estimate of drug-likeness (QED) is 0.795. The molecule has 1 N–H and O–H groups in total. The highest BCUT2D eigenvalue weighted by Crippen LogP contribution is 2.34. The molecule has 1 rings (SSSR count). The molecule has 1 aromatic carbocycles. The van der Waals surface area contributed by atoms with E-state index in [2.05, 4.69) is 58.1 Å². The Morgan fingerprint density at radius 3 is 2.50 bits per heavy atom. The van der Waals surface area contributed by atoms with E-state index >= 15 is 0 Å². The molecule has 90 valence electrons. The molecule has 1 nitrogen and oxygen atoms in total. The maximum atomic E-state index is 3.40. The molecular weight excluding hydrogens is 214 g/mol. The van der Waals surface area contributed by atoms with Crippen molar-refractivity contribution in [3.8, 4) is 0 Å². The van der Waals surface area contributed by atoms with Crippen LogP contribution in [0.1, 0.15) is 38.8 Å². The lowest BCUT2D eigenvalue weighted by Crippen LogP contribution is -2.14. The normalized spacial score (nSPS) is 11.8. The van der Waals surface area contributed by atoms with Gasteiger partial charge in [0.05, 0.1) is 0 Å². The fourth-order valence-corrected chi connectivity index (χ4v) is 2.59. The SMILES string of the molecule is CCNCc1cc(C)ccc1SC(C)(C)C. The average Bonchev–Trinajstić information content (AvgIpc) is 2.16. The lowest BCUT2D eigenvalue weighted by atomic mass is 10.1. The van der Waals surface area contributed by atoms with Crippen LogP contribution in [-0.2, 0) is 6.54 Å². The van der Waals surface area contributed by atoms with E-state index in [1.807, 2.05) is 11.8 Å². The van der Waals surface area contributed by atoms with Crippen molar-refractivity contribution in [3.05, 3.63) is 29.3 Å². The Balaban J connectivity index is 2.89. The predicted octanol–water partition coefficient (Wildman–Crippen LogP) is 4.00. The van der Waals surface area contributed by atoms with Crippen molar-refractivity contribution < 1.29 is 0 Å². The molecule has 0 bridgehead atoms. The van der Waals surface area contributed by atoms with Crippen LogP contribution in [0.2, 0.25) is 0 Å². The third-order valence-corrected chi connectivity index (χ3v) is 3.43. The van der Waals surface area contributed by atoms with E-state index < -0.39 is 0 Å². The Morgan fingerprint density at radius 1 is 1.25 bits per heavy atom. The van der Waals surface area contributed by atoms with Crippen molar-refractivity contribution in [3.63, 3.8) is 0 Å². The molecule has 0 atom stereocenters. The summed E-state index contributed by atoms with van der Waals surface area (Å²) in [6, 6.07) is 6.73. The Bertz CT molecular complexity index is 339. The molecule has 0 spiro atoms. The number of aryl methyl sites for hydroxylation is 1. The molecule has 0 aliphatic heterocycles. The summed E-state index contributed by atoms with van der Waals surface area (Å²) in [5.74, 6) is 0. The Morgan fingerprint density at radius 2 is 1.94 bits per heavy atom. The lowest BCUT2D eigenvalue weighted by Gasteiger charge is -2.20. The number of hydrogen-bond donors (Lipinski definition) is 1. The molecule has 0 aromatic heterocycles. The Labute approximate surface area is 104 Å². The summed E-state index contributed by atoms with van der Waals surface area (Å²) in [5, 5.41) is 3.40. The molecule has 2 heteroatoms. The molecule has 0 saturated carbocycles. The van der Waals surface area contributed by atoms with Gasteiger partial charge in [0.1, 0.15) is 0 Å². The standard InChI is InChI=1S/C14H23NS/c1-6-15-10-12-9-11(2)7-8-13(12)16-14(3,4)5/h7-9,15H,6,10H2,1-5H3. The van der Waals surface area contributed by atoms with Gasteiger partial charge in [-0.15, -0.1) is 11.8 Å². The Kier molecular flexibility index (Phi) is 4.88. The summed E-state index contributed by atoms with van der Waals surface area (Å²) in [6.07, 6.45) is 0. The highest BCUT2D eigenvalue weighted by Gasteiger charge is 2.14. The van der Waals surface area contributed by atoms with Gasteiger partial charge in [-0.05, 0) is 25.1 Å². The third kappa shape index (κ3) is 4.58. The largest absolute Gasteiger partial charge is 0.313 e. The molecule has 1 aromatic rings. The van der Waals surface area contributed by atoms with Crippen molar-refractivity contribution in [2.75, 3.05) is 6.54 Å². The molecule has 0 amide bonds. The van der Waals surface area contributed by atoms with Crippen molar-refractivity contribution in [2.45, 2.75) is 50.8 Å². The zero-order valence-electron chi connectivity index (χ0n) is 11.1. The highest BCUT2D eigenvalue weighted by molar-refractivity contribution is 8.00. The fraction of sp³-hybridized carbons (Fsp3) is 0.571. The highest BCUT2D eigenvalue weighted by atomic mass is 32.2. The molecule has 0 aliphatic carbocycles. The molecule has 0 heterocycles. The van der Waals surface area contributed by atoms with Gasteiger partial charge in [-0.3, -0.25) is 0 Å². The smallest absolute Gasteiger partial charge is 0.0216 e. The summed E-state index contributed by atoms with van der Waals surface area (Å²) >= 11 is 1.95. The second kappa shape index (κ2) is 5.74. The van der Waals surface area contributed by atoms with Crippen LogP contribution in [0.4, 0.5) is 0 Å². The maximum absolute atomic E-state index is 3.40. The zero-order chi connectivity index (χ0) is 12.2. The van der Waals surface area contributed by atoms with Crippen LogP contribution in [0.3, 0.4) is 0 Å². The van der Waals surface area contributed by atoms with Crippen LogP contribution in [-0.4, -0.2) is 11.3 Å². The molecule has 0 aliphatic rings. The summed E-state index contributed by atoms with van der Waals surface area (Å²) in [4.78, 5) is 1.40. The zero-order valence-corrected chi connectivity index (χ0v) is 11.9. The van der Waals surface area contributed by atoms with Crippen LogP contribution >= 0.6 is 11.8 Å². The first kappa shape index (κ1) is 13.6. The van der Waals surface area contributed by atoms with Crippen molar-refractivity contribution in [1.29, 1.82) is 0 Å². The van der Waals surface area contributed by atoms with Gasteiger partial charge < -0.3 is 5.32 Å². The van der Waals surface area contributed by atoms with E-state index in [1.54, 1.807) is 0 Å². The van der Waals surface area contributed by atoms with E-state index in [0.717, 1.165) is 13.1 Å². The second-order valence-electron chi connectivity index (χ2n) is 5.11. The molecule has 0 radical (unpaired) electrons. The third-order valence-electron chi connectivity index (χ3n) is 2.20. The minimum Gasteiger partial charge on any atom is -0.313 e. The van der Waals surface area contributed by atoms with Crippen LogP contribution in [0.15, 0.2) is 23.1 Å². The van der Waals surface area contributed by atoms with Crippen molar-refractivity contribution in [1.82, 2.24) is 5.32 Å². The van der Waals surface area contributed by atoms with E-state index in [9.17, 15) is 0 Å². The number of benzene rings is 1. The summed E-state index contributed by atoms with van der Waals surface area (Å²) in [6.45, 7) is 13.1. The molecule has 0 saturated heterocycles. The number of hydrogen-bond acceptors (Lipinski definition) is 2. The fourth-order valence-electron chi connectivity index (χ4n) is 1.54. The average molecular weight is 237 g/mol. The van der Waals surface area contributed by atoms with Gasteiger partial charge in [0, 0.05) is 16.2 Å². The van der Waals surface area contributed by atoms with E-state index in [-0.39, 0.29) is 4.75 Å². The molecule has 0 fully saturated rings. The lowest BCUT2D eigenvalue weighted by molar-refractivity contribution is 0.715. The van der Waals surface area contributed by atoms with Crippen LogP contribution in [0, 0.1) is 6.92 Å². The minimum absolute atomic E-state index is 0.274. The van der Waals surface area contributed by atoms with Gasteiger partial charge in [0.15, 0.2) is 0 Å². The first-order chi connectivity index (χ1) is 7.42. The van der Waals surface area contributed by atoms with E-state index in [0.29, 0.717) is 0 Å². The summed E-state index contributed by atoms with van der Waals surface area (Å²) in [5.41, 5.74) is 2.76. The molecular formula is C14H23NS. The molecule has 16 heavy (non-hydrogen) atoms. The molecule has 0 unspecified atom stereocenters. The monoisotopic (exact) mass is 237 g/mol. The van der Waals surface area contributed by atoms with Crippen LogP contribution in [0.25, 0.3) is 0 Å². The van der Waals surface area contributed by atoms with Crippen LogP contribution < -0.4 is 5.32 Å². The first-order valence-corrected chi connectivity index (χ1v) is 6.73. The van der Waals surface area contributed by atoms with E-state index in [4.69, 9.17) is 0 Å². The van der Waals surface area contributed by atoms with Gasteiger partial charge >= 0.3 is 0 Å². The predicted molar refractivity (Wildman–Crippen MR) is 74.2 cm³/mol. The topological polar surface area (TPSA) is 12.0 Å². The first-order valence-electron chi connectivity index (χ1n) is 5.91. The number of thioether (sulfide) groups is 1. The van der Waals surface area contributed by atoms with Gasteiger partial charge in [0.25, 0.3) is 0 Å².